The van der Waals surface area contributed by atoms with Crippen molar-refractivity contribution in [2.24, 2.45) is 0 Å². The molecule has 3 aromatic rings. The number of carbonyl (C=O) groups is 1. The van der Waals surface area contributed by atoms with Crippen LogP contribution in [0.3, 0.4) is 0 Å². The molecule has 0 spiro atoms. The molecule has 0 saturated heterocycles. The first-order valence-corrected chi connectivity index (χ1v) is 8.30. The molecule has 0 aliphatic carbocycles. The third-order valence-corrected chi connectivity index (χ3v) is 4.35. The molecule has 1 atom stereocenters. The molecule has 124 valence electrons. The van der Waals surface area contributed by atoms with Gasteiger partial charge in [0.1, 0.15) is 12.0 Å². The van der Waals surface area contributed by atoms with Crippen LogP contribution in [0.25, 0.3) is 16.9 Å². The average molecular weight is 323 g/mol. The SMILES string of the molecule is CCCC(CC)c1cccc(-c2cn3cnc(C(=O)O)cc3n2)c1. The van der Waals surface area contributed by atoms with E-state index in [9.17, 15) is 4.79 Å². The highest BCUT2D eigenvalue weighted by Gasteiger charge is 2.12. The zero-order chi connectivity index (χ0) is 17.1. The predicted octanol–water partition coefficient (Wildman–Crippen LogP) is 4.39. The highest BCUT2D eigenvalue weighted by atomic mass is 16.4. The van der Waals surface area contributed by atoms with Crippen LogP contribution < -0.4 is 0 Å². The average Bonchev–Trinajstić information content (AvgIpc) is 3.03. The fourth-order valence-corrected chi connectivity index (χ4v) is 3.05. The molecule has 0 fully saturated rings. The van der Waals surface area contributed by atoms with Crippen LogP contribution in [-0.2, 0) is 0 Å². The summed E-state index contributed by atoms with van der Waals surface area (Å²) >= 11 is 0. The Morgan fingerprint density at radius 3 is 2.83 bits per heavy atom. The molecule has 0 bridgehead atoms. The number of aromatic carboxylic acids is 1. The van der Waals surface area contributed by atoms with E-state index in [2.05, 4.69) is 42.0 Å². The van der Waals surface area contributed by atoms with Gasteiger partial charge in [-0.25, -0.2) is 14.8 Å². The normalized spacial score (nSPS) is 12.4. The van der Waals surface area contributed by atoms with E-state index in [-0.39, 0.29) is 5.69 Å². The van der Waals surface area contributed by atoms with Crippen molar-refractivity contribution in [1.29, 1.82) is 0 Å². The van der Waals surface area contributed by atoms with Gasteiger partial charge in [0.15, 0.2) is 5.69 Å². The van der Waals surface area contributed by atoms with E-state index < -0.39 is 5.97 Å². The summed E-state index contributed by atoms with van der Waals surface area (Å²) in [5.41, 5.74) is 3.79. The second-order valence-corrected chi connectivity index (χ2v) is 5.99. The number of aromatic nitrogens is 3. The van der Waals surface area contributed by atoms with Gasteiger partial charge in [0.25, 0.3) is 0 Å². The molecule has 2 aromatic heterocycles. The first-order valence-electron chi connectivity index (χ1n) is 8.30. The monoisotopic (exact) mass is 323 g/mol. The van der Waals surface area contributed by atoms with E-state index in [4.69, 9.17) is 5.11 Å². The minimum atomic E-state index is -1.05. The molecule has 5 heteroatoms. The standard InChI is InChI=1S/C19H21N3O2/c1-3-6-13(4-2)14-7-5-8-15(9-14)17-11-22-12-20-16(19(23)24)10-18(22)21-17/h5,7-13H,3-4,6H2,1-2H3,(H,23,24). The second-order valence-electron chi connectivity index (χ2n) is 5.99. The van der Waals surface area contributed by atoms with Crippen LogP contribution in [0, 0.1) is 0 Å². The Labute approximate surface area is 141 Å². The van der Waals surface area contributed by atoms with Crippen molar-refractivity contribution in [2.45, 2.75) is 39.0 Å². The summed E-state index contributed by atoms with van der Waals surface area (Å²) in [7, 11) is 0. The second kappa shape index (κ2) is 6.83. The number of carboxylic acids is 1. The van der Waals surface area contributed by atoms with Crippen LogP contribution in [0.4, 0.5) is 0 Å². The molecule has 0 saturated carbocycles. The van der Waals surface area contributed by atoms with Crippen molar-refractivity contribution in [3.05, 3.63) is 54.1 Å². The van der Waals surface area contributed by atoms with E-state index in [1.165, 1.54) is 30.8 Å². The molecule has 0 radical (unpaired) electrons. The number of nitrogens with zero attached hydrogens (tertiary/aromatic N) is 3. The molecule has 3 rings (SSSR count). The number of carboxylic acid groups (broad SMARTS) is 1. The van der Waals surface area contributed by atoms with Crippen molar-refractivity contribution in [3.8, 4) is 11.3 Å². The first-order chi connectivity index (χ1) is 11.6. The molecule has 1 N–H and O–H groups in total. The summed E-state index contributed by atoms with van der Waals surface area (Å²) in [6, 6.07) is 9.95. The molecule has 5 nitrogen and oxygen atoms in total. The van der Waals surface area contributed by atoms with E-state index in [1.807, 2.05) is 12.3 Å². The summed E-state index contributed by atoms with van der Waals surface area (Å²) in [5.74, 6) is -0.485. The Kier molecular flexibility index (Phi) is 4.60. The van der Waals surface area contributed by atoms with Crippen molar-refractivity contribution in [1.82, 2.24) is 14.4 Å². The predicted molar refractivity (Wildman–Crippen MR) is 93.3 cm³/mol. The van der Waals surface area contributed by atoms with Gasteiger partial charge in [0, 0.05) is 17.8 Å². The summed E-state index contributed by atoms with van der Waals surface area (Å²) in [4.78, 5) is 19.5. The zero-order valence-electron chi connectivity index (χ0n) is 13.9. The van der Waals surface area contributed by atoms with Crippen molar-refractivity contribution < 1.29 is 9.90 Å². The molecule has 1 aromatic carbocycles. The van der Waals surface area contributed by atoms with Gasteiger partial charge in [0.2, 0.25) is 0 Å². The fourth-order valence-electron chi connectivity index (χ4n) is 3.05. The van der Waals surface area contributed by atoms with Crippen LogP contribution in [-0.4, -0.2) is 25.4 Å². The van der Waals surface area contributed by atoms with Crippen LogP contribution in [0.5, 0.6) is 0 Å². The van der Waals surface area contributed by atoms with Gasteiger partial charge in [0.05, 0.1) is 5.69 Å². The Bertz CT molecular complexity index is 870. The molecular weight excluding hydrogens is 302 g/mol. The van der Waals surface area contributed by atoms with Crippen LogP contribution >= 0.6 is 0 Å². The van der Waals surface area contributed by atoms with E-state index in [1.54, 1.807) is 4.40 Å². The number of rotatable bonds is 6. The maximum Gasteiger partial charge on any atom is 0.354 e. The Morgan fingerprint density at radius 2 is 2.12 bits per heavy atom. The lowest BCUT2D eigenvalue weighted by Gasteiger charge is -2.14. The third-order valence-electron chi connectivity index (χ3n) is 4.35. The summed E-state index contributed by atoms with van der Waals surface area (Å²) in [6.07, 6.45) is 6.84. The van der Waals surface area contributed by atoms with Gasteiger partial charge < -0.3 is 5.11 Å². The van der Waals surface area contributed by atoms with Crippen molar-refractivity contribution in [3.63, 3.8) is 0 Å². The minimum Gasteiger partial charge on any atom is -0.477 e. The number of hydrogen-bond donors (Lipinski definition) is 1. The highest BCUT2D eigenvalue weighted by Crippen LogP contribution is 2.28. The van der Waals surface area contributed by atoms with Crippen LogP contribution in [0.15, 0.2) is 42.9 Å². The molecular formula is C19H21N3O2. The van der Waals surface area contributed by atoms with Crippen LogP contribution in [0.2, 0.25) is 0 Å². The molecule has 0 aliphatic rings. The summed E-state index contributed by atoms with van der Waals surface area (Å²) < 4.78 is 1.75. The summed E-state index contributed by atoms with van der Waals surface area (Å²) in [5, 5.41) is 9.04. The lowest BCUT2D eigenvalue weighted by Crippen LogP contribution is -2.01. The Balaban J connectivity index is 1.99. The lowest BCUT2D eigenvalue weighted by atomic mass is 9.91. The molecule has 0 amide bonds. The molecule has 0 aliphatic heterocycles. The molecule has 24 heavy (non-hydrogen) atoms. The van der Waals surface area contributed by atoms with Crippen molar-refractivity contribution in [2.75, 3.05) is 0 Å². The fraction of sp³-hybridized carbons (Fsp3) is 0.316. The summed E-state index contributed by atoms with van der Waals surface area (Å²) in [6.45, 7) is 4.43. The first kappa shape index (κ1) is 16.2. The maximum absolute atomic E-state index is 11.0. The van der Waals surface area contributed by atoms with Gasteiger partial charge >= 0.3 is 5.97 Å². The maximum atomic E-state index is 11.0. The highest BCUT2D eigenvalue weighted by molar-refractivity contribution is 5.86. The zero-order valence-corrected chi connectivity index (χ0v) is 13.9. The quantitative estimate of drug-likeness (QED) is 0.730. The van der Waals surface area contributed by atoms with Gasteiger partial charge in [-0.05, 0) is 30.4 Å². The number of benzene rings is 1. The van der Waals surface area contributed by atoms with Gasteiger partial charge in [-0.2, -0.15) is 0 Å². The van der Waals surface area contributed by atoms with Crippen LogP contribution in [0.1, 0.15) is 55.1 Å². The van der Waals surface area contributed by atoms with Gasteiger partial charge in [-0.15, -0.1) is 0 Å². The Hall–Kier alpha value is -2.69. The van der Waals surface area contributed by atoms with Crippen molar-refractivity contribution >= 4 is 11.6 Å². The number of fused-ring (bicyclic) bond motifs is 1. The number of hydrogen-bond acceptors (Lipinski definition) is 3. The third kappa shape index (κ3) is 3.15. The van der Waals surface area contributed by atoms with E-state index in [0.717, 1.165) is 17.7 Å². The number of imidazole rings is 1. The lowest BCUT2D eigenvalue weighted by molar-refractivity contribution is 0.0690. The van der Waals surface area contributed by atoms with E-state index >= 15 is 0 Å². The molecule has 1 unspecified atom stereocenters. The molecule has 2 heterocycles. The largest absolute Gasteiger partial charge is 0.477 e. The van der Waals surface area contributed by atoms with Gasteiger partial charge in [-0.3, -0.25) is 4.40 Å². The van der Waals surface area contributed by atoms with Gasteiger partial charge in [-0.1, -0.05) is 38.5 Å². The topological polar surface area (TPSA) is 67.5 Å². The minimum absolute atomic E-state index is 0.00222. The van der Waals surface area contributed by atoms with E-state index in [0.29, 0.717) is 11.6 Å². The Morgan fingerprint density at radius 1 is 1.29 bits per heavy atom. The smallest absolute Gasteiger partial charge is 0.354 e.